The lowest BCUT2D eigenvalue weighted by atomic mass is 10.1. The Morgan fingerprint density at radius 3 is 2.95 bits per heavy atom. The third-order valence-electron chi connectivity index (χ3n) is 3.80. The molecule has 1 aromatic rings. The fourth-order valence-electron chi connectivity index (χ4n) is 2.60. The van der Waals surface area contributed by atoms with E-state index >= 15 is 0 Å². The van der Waals surface area contributed by atoms with Gasteiger partial charge in [-0.15, -0.1) is 11.6 Å². The average Bonchev–Trinajstić information content (AvgIpc) is 2.84. The number of pyridine rings is 1. The number of alkyl halides is 1. The average molecular weight is 283 g/mol. The van der Waals surface area contributed by atoms with E-state index in [9.17, 15) is 0 Å². The minimum absolute atomic E-state index is 0.511. The van der Waals surface area contributed by atoms with E-state index in [-0.39, 0.29) is 0 Å². The van der Waals surface area contributed by atoms with Crippen molar-refractivity contribution >= 4 is 11.6 Å². The lowest BCUT2D eigenvalue weighted by Gasteiger charge is -2.19. The molecule has 0 amide bonds. The Balaban J connectivity index is 1.88. The van der Waals surface area contributed by atoms with Gasteiger partial charge in [0.15, 0.2) is 0 Å². The van der Waals surface area contributed by atoms with Crippen LogP contribution in [0.2, 0.25) is 0 Å². The molecule has 0 spiro atoms. The summed E-state index contributed by atoms with van der Waals surface area (Å²) in [7, 11) is 2.19. The Hall–Kier alpha value is -0.800. The number of nitrogens with zero attached hydrogens (tertiary/aromatic N) is 2. The quantitative estimate of drug-likeness (QED) is 0.749. The van der Waals surface area contributed by atoms with E-state index < -0.39 is 0 Å². The van der Waals surface area contributed by atoms with Gasteiger partial charge in [-0.25, -0.2) is 4.98 Å². The van der Waals surface area contributed by atoms with E-state index in [1.165, 1.54) is 19.4 Å². The molecule has 1 atom stereocenters. The fraction of sp³-hybridized carbons (Fsp3) is 0.667. The van der Waals surface area contributed by atoms with Crippen LogP contribution in [0.4, 0.5) is 0 Å². The predicted molar refractivity (Wildman–Crippen MR) is 78.9 cm³/mol. The number of halogens is 1. The number of ether oxygens (including phenoxy) is 1. The molecule has 2 heterocycles. The van der Waals surface area contributed by atoms with E-state index in [1.54, 1.807) is 0 Å². The van der Waals surface area contributed by atoms with Crippen molar-refractivity contribution in [2.45, 2.75) is 44.5 Å². The molecule has 3 nitrogen and oxygen atoms in total. The van der Waals surface area contributed by atoms with Gasteiger partial charge in [0.25, 0.3) is 0 Å². The van der Waals surface area contributed by atoms with Gasteiger partial charge in [-0.2, -0.15) is 0 Å². The van der Waals surface area contributed by atoms with Crippen LogP contribution in [0, 0.1) is 0 Å². The molecule has 1 fully saturated rings. The van der Waals surface area contributed by atoms with E-state index in [4.69, 9.17) is 16.3 Å². The number of rotatable bonds is 6. The number of aryl methyl sites for hydroxylation is 1. The van der Waals surface area contributed by atoms with Gasteiger partial charge in [0.05, 0.1) is 6.61 Å². The van der Waals surface area contributed by atoms with E-state index in [0.29, 0.717) is 11.9 Å². The molecule has 0 N–H and O–H groups in total. The van der Waals surface area contributed by atoms with Gasteiger partial charge < -0.3 is 9.64 Å². The van der Waals surface area contributed by atoms with Crippen molar-refractivity contribution in [3.63, 3.8) is 0 Å². The summed E-state index contributed by atoms with van der Waals surface area (Å²) in [4.78, 5) is 6.91. The van der Waals surface area contributed by atoms with Gasteiger partial charge in [0.2, 0.25) is 5.88 Å². The molecular formula is C15H23ClN2O. The Labute approximate surface area is 120 Å². The maximum atomic E-state index is 5.89. The predicted octanol–water partition coefficient (Wildman–Crippen LogP) is 3.25. The maximum absolute atomic E-state index is 5.89. The minimum atomic E-state index is 0.511. The number of hydrogen-bond acceptors (Lipinski definition) is 3. The van der Waals surface area contributed by atoms with Crippen LogP contribution in [-0.4, -0.2) is 36.1 Å². The highest BCUT2D eigenvalue weighted by Gasteiger charge is 2.20. The van der Waals surface area contributed by atoms with Crippen molar-refractivity contribution in [1.29, 1.82) is 0 Å². The van der Waals surface area contributed by atoms with Crippen LogP contribution in [-0.2, 0) is 12.3 Å². The van der Waals surface area contributed by atoms with Crippen LogP contribution < -0.4 is 4.74 Å². The second kappa shape index (κ2) is 7.11. The molecule has 19 heavy (non-hydrogen) atoms. The maximum Gasteiger partial charge on any atom is 0.213 e. The van der Waals surface area contributed by atoms with Crippen molar-refractivity contribution in [3.8, 4) is 5.88 Å². The molecule has 0 radical (unpaired) electrons. The molecule has 1 saturated heterocycles. The summed E-state index contributed by atoms with van der Waals surface area (Å²) in [6.45, 7) is 4.04. The second-order valence-electron chi connectivity index (χ2n) is 5.21. The molecule has 2 rings (SSSR count). The van der Waals surface area contributed by atoms with Gasteiger partial charge in [0, 0.05) is 23.7 Å². The van der Waals surface area contributed by atoms with Crippen molar-refractivity contribution in [3.05, 3.63) is 23.4 Å². The van der Waals surface area contributed by atoms with E-state index in [0.717, 1.165) is 36.6 Å². The zero-order valence-electron chi connectivity index (χ0n) is 11.9. The summed E-state index contributed by atoms with van der Waals surface area (Å²) in [5, 5.41) is 0. The fourth-order valence-corrected chi connectivity index (χ4v) is 2.75. The summed E-state index contributed by atoms with van der Waals surface area (Å²) in [5.41, 5.74) is 2.13. The summed E-state index contributed by atoms with van der Waals surface area (Å²) in [5.74, 6) is 1.23. The van der Waals surface area contributed by atoms with Gasteiger partial charge in [-0.05, 0) is 50.9 Å². The number of hydrogen-bond donors (Lipinski definition) is 0. The Bertz CT molecular complexity index is 389. The van der Waals surface area contributed by atoms with Gasteiger partial charge in [-0.1, -0.05) is 6.92 Å². The topological polar surface area (TPSA) is 25.4 Å². The molecule has 1 aliphatic rings. The van der Waals surface area contributed by atoms with Gasteiger partial charge in [-0.3, -0.25) is 0 Å². The highest BCUT2D eigenvalue weighted by atomic mass is 35.5. The first kappa shape index (κ1) is 14.6. The lowest BCUT2D eigenvalue weighted by molar-refractivity contribution is 0.228. The smallest absolute Gasteiger partial charge is 0.213 e. The van der Waals surface area contributed by atoms with Crippen LogP contribution in [0.15, 0.2) is 12.1 Å². The van der Waals surface area contributed by atoms with Gasteiger partial charge in [0.1, 0.15) is 0 Å². The van der Waals surface area contributed by atoms with Crippen LogP contribution in [0.1, 0.15) is 37.4 Å². The zero-order valence-corrected chi connectivity index (χ0v) is 12.6. The molecule has 0 saturated carbocycles. The third-order valence-corrected chi connectivity index (χ3v) is 4.11. The van der Waals surface area contributed by atoms with Crippen molar-refractivity contribution < 1.29 is 4.74 Å². The largest absolute Gasteiger partial charge is 0.478 e. The van der Waals surface area contributed by atoms with Crippen LogP contribution in [0.3, 0.4) is 0 Å². The van der Waals surface area contributed by atoms with Crippen molar-refractivity contribution in [2.24, 2.45) is 0 Å². The highest BCUT2D eigenvalue weighted by molar-refractivity contribution is 6.17. The van der Waals surface area contributed by atoms with E-state index in [1.807, 2.05) is 12.1 Å². The minimum Gasteiger partial charge on any atom is -0.478 e. The Morgan fingerprint density at radius 2 is 2.32 bits per heavy atom. The van der Waals surface area contributed by atoms with Crippen molar-refractivity contribution in [2.75, 3.05) is 20.2 Å². The first-order chi connectivity index (χ1) is 9.22. The van der Waals surface area contributed by atoms with Crippen LogP contribution in [0.5, 0.6) is 5.88 Å². The molecule has 1 unspecified atom stereocenters. The normalized spacial score (nSPS) is 19.8. The first-order valence-corrected chi connectivity index (χ1v) is 7.65. The van der Waals surface area contributed by atoms with Crippen LogP contribution in [0.25, 0.3) is 0 Å². The summed E-state index contributed by atoms with van der Waals surface area (Å²) in [6.07, 6.45) is 4.58. The highest BCUT2D eigenvalue weighted by Crippen LogP contribution is 2.19. The van der Waals surface area contributed by atoms with Gasteiger partial charge >= 0.3 is 0 Å². The summed E-state index contributed by atoms with van der Waals surface area (Å²) in [6, 6.07) is 4.66. The molecular weight excluding hydrogens is 260 g/mol. The molecule has 4 heteroatoms. The molecule has 0 aliphatic carbocycles. The Morgan fingerprint density at radius 1 is 1.47 bits per heavy atom. The molecule has 106 valence electrons. The van der Waals surface area contributed by atoms with Crippen LogP contribution >= 0.6 is 11.6 Å². The zero-order chi connectivity index (χ0) is 13.7. The first-order valence-electron chi connectivity index (χ1n) is 7.11. The van der Waals surface area contributed by atoms with Crippen molar-refractivity contribution in [1.82, 2.24) is 9.88 Å². The summed E-state index contributed by atoms with van der Waals surface area (Å²) < 4.78 is 5.80. The molecule has 1 aromatic heterocycles. The molecule has 0 bridgehead atoms. The monoisotopic (exact) mass is 282 g/mol. The Kier molecular flexibility index (Phi) is 5.46. The number of likely N-dealkylation sites (tertiary alicyclic amines) is 1. The van der Waals surface area contributed by atoms with E-state index in [2.05, 4.69) is 23.9 Å². The summed E-state index contributed by atoms with van der Waals surface area (Å²) >= 11 is 5.89. The molecule has 0 aromatic carbocycles. The second-order valence-corrected chi connectivity index (χ2v) is 5.47. The standard InChI is InChI=1S/C15H23ClN2O/c1-3-13-9-12(11-16)10-15(17-13)19-8-6-14-5-4-7-18(14)2/h9-10,14H,3-8,11H2,1-2H3. The number of aromatic nitrogens is 1. The lowest BCUT2D eigenvalue weighted by Crippen LogP contribution is -2.26. The third kappa shape index (κ3) is 4.08. The SMILES string of the molecule is CCc1cc(CCl)cc(OCCC2CCCN2C)n1. The molecule has 1 aliphatic heterocycles.